The molecule has 1 saturated heterocycles. The number of carbonyl (C=O) groups is 1. The van der Waals surface area contributed by atoms with Crippen LogP contribution in [-0.4, -0.2) is 37.0 Å². The number of benzene rings is 1. The average molecular weight is 300 g/mol. The van der Waals surface area contributed by atoms with Crippen molar-refractivity contribution in [2.75, 3.05) is 20.1 Å². The molecule has 116 valence electrons. The summed E-state index contributed by atoms with van der Waals surface area (Å²) in [7, 11) is 1.96. The Kier molecular flexibility index (Phi) is 4.56. The van der Waals surface area contributed by atoms with Crippen LogP contribution in [0.25, 0.3) is 0 Å². The second kappa shape index (κ2) is 6.05. The van der Waals surface area contributed by atoms with Crippen molar-refractivity contribution in [2.45, 2.75) is 25.3 Å². The third kappa shape index (κ3) is 3.56. The molecule has 1 aromatic rings. The Bertz CT molecular complexity index is 504. The number of nitrogens with zero attached hydrogens (tertiary/aromatic N) is 1. The van der Waals surface area contributed by atoms with Crippen LogP contribution in [0.5, 0.6) is 0 Å². The molecule has 0 bridgehead atoms. The zero-order valence-corrected chi connectivity index (χ0v) is 12.1. The maximum atomic E-state index is 14.1. The molecule has 2 atom stereocenters. The largest absolute Gasteiger partial charge is 0.349 e. The molecule has 0 saturated carbocycles. The van der Waals surface area contributed by atoms with E-state index in [1.54, 1.807) is 0 Å². The number of nitrogens with one attached hydrogen (secondary N) is 1. The highest BCUT2D eigenvalue weighted by Gasteiger charge is 2.42. The summed E-state index contributed by atoms with van der Waals surface area (Å²) in [5.41, 5.74) is -0.498. The number of rotatable bonds is 3. The van der Waals surface area contributed by atoms with Gasteiger partial charge in [-0.2, -0.15) is 8.78 Å². The van der Waals surface area contributed by atoms with Gasteiger partial charge in [0.1, 0.15) is 5.82 Å². The number of likely N-dealkylation sites (tertiary alicyclic amines) is 1. The van der Waals surface area contributed by atoms with E-state index >= 15 is 0 Å². The molecule has 2 unspecified atom stereocenters. The molecule has 21 heavy (non-hydrogen) atoms. The lowest BCUT2D eigenvalue weighted by atomic mass is 9.93. The van der Waals surface area contributed by atoms with Gasteiger partial charge in [-0.1, -0.05) is 6.92 Å². The quantitative estimate of drug-likeness (QED) is 0.929. The maximum absolute atomic E-state index is 14.1. The summed E-state index contributed by atoms with van der Waals surface area (Å²) in [5, 5.41) is 2.43. The first-order valence-electron chi connectivity index (χ1n) is 6.94. The van der Waals surface area contributed by atoms with Gasteiger partial charge in [0.2, 0.25) is 0 Å². The summed E-state index contributed by atoms with van der Waals surface area (Å²) < 4.78 is 41.0. The highest BCUT2D eigenvalue weighted by molar-refractivity contribution is 5.85. The van der Waals surface area contributed by atoms with E-state index < -0.39 is 23.2 Å². The summed E-state index contributed by atoms with van der Waals surface area (Å²) in [6.45, 7) is 3.45. The van der Waals surface area contributed by atoms with E-state index in [2.05, 4.69) is 10.2 Å². The van der Waals surface area contributed by atoms with E-state index in [0.29, 0.717) is 6.42 Å². The monoisotopic (exact) mass is 300 g/mol. The van der Waals surface area contributed by atoms with Crippen molar-refractivity contribution in [1.29, 1.82) is 0 Å². The van der Waals surface area contributed by atoms with Crippen molar-refractivity contribution in [3.63, 3.8) is 0 Å². The van der Waals surface area contributed by atoms with Crippen molar-refractivity contribution in [1.82, 2.24) is 10.2 Å². The fourth-order valence-electron chi connectivity index (χ4n) is 2.62. The van der Waals surface area contributed by atoms with Gasteiger partial charge in [0.25, 0.3) is 5.91 Å². The Labute approximate surface area is 122 Å². The molecule has 1 aliphatic rings. The van der Waals surface area contributed by atoms with Crippen LogP contribution >= 0.6 is 0 Å². The first-order chi connectivity index (χ1) is 9.80. The van der Waals surface area contributed by atoms with Crippen molar-refractivity contribution in [3.8, 4) is 0 Å². The molecule has 0 aromatic heterocycles. The van der Waals surface area contributed by atoms with Gasteiger partial charge in [-0.15, -0.1) is 0 Å². The van der Waals surface area contributed by atoms with E-state index in [-0.39, 0.29) is 12.0 Å². The van der Waals surface area contributed by atoms with Crippen LogP contribution in [0, 0.1) is 11.7 Å². The molecule has 0 aliphatic carbocycles. The van der Waals surface area contributed by atoms with E-state index in [4.69, 9.17) is 0 Å². The number of alkyl halides is 2. The summed E-state index contributed by atoms with van der Waals surface area (Å²) in [4.78, 5) is 14.0. The van der Waals surface area contributed by atoms with Crippen LogP contribution in [0.1, 0.15) is 18.9 Å². The average Bonchev–Trinajstić information content (AvgIpc) is 2.42. The number of hydrogen-bond donors (Lipinski definition) is 1. The minimum Gasteiger partial charge on any atom is -0.347 e. The molecule has 3 nitrogen and oxygen atoms in total. The highest BCUT2D eigenvalue weighted by atomic mass is 19.3. The van der Waals surface area contributed by atoms with Gasteiger partial charge in [-0.25, -0.2) is 4.39 Å². The molecule has 0 radical (unpaired) electrons. The first-order valence-corrected chi connectivity index (χ1v) is 6.94. The van der Waals surface area contributed by atoms with Gasteiger partial charge >= 0.3 is 5.92 Å². The Morgan fingerprint density at radius 1 is 1.33 bits per heavy atom. The van der Waals surface area contributed by atoms with Gasteiger partial charge in [0, 0.05) is 18.2 Å². The van der Waals surface area contributed by atoms with Gasteiger partial charge in [-0.05, 0) is 50.2 Å². The van der Waals surface area contributed by atoms with Crippen molar-refractivity contribution < 1.29 is 18.0 Å². The van der Waals surface area contributed by atoms with Gasteiger partial charge in [0.15, 0.2) is 0 Å². The number of piperidine rings is 1. The summed E-state index contributed by atoms with van der Waals surface area (Å²) in [5.74, 6) is -5.48. The van der Waals surface area contributed by atoms with Crippen LogP contribution in [0.3, 0.4) is 0 Å². The molecule has 1 amide bonds. The molecular formula is C15H19F3N2O. The summed E-state index contributed by atoms with van der Waals surface area (Å²) in [6.07, 6.45) is 0.642. The Morgan fingerprint density at radius 2 is 1.95 bits per heavy atom. The fourth-order valence-corrected chi connectivity index (χ4v) is 2.62. The smallest absolute Gasteiger partial charge is 0.347 e. The third-order valence-corrected chi connectivity index (χ3v) is 3.92. The predicted octanol–water partition coefficient (Wildman–Crippen LogP) is 2.37. The van der Waals surface area contributed by atoms with E-state index in [1.807, 2.05) is 14.0 Å². The second-order valence-corrected chi connectivity index (χ2v) is 5.69. The molecular weight excluding hydrogens is 281 g/mol. The molecule has 1 fully saturated rings. The van der Waals surface area contributed by atoms with Crippen molar-refractivity contribution in [2.24, 2.45) is 5.92 Å². The third-order valence-electron chi connectivity index (χ3n) is 3.92. The Morgan fingerprint density at radius 3 is 2.52 bits per heavy atom. The minimum absolute atomic E-state index is 0.108. The molecule has 0 spiro atoms. The summed E-state index contributed by atoms with van der Waals surface area (Å²) in [6, 6.07) is 3.46. The molecule has 1 aromatic carbocycles. The topological polar surface area (TPSA) is 32.3 Å². The lowest BCUT2D eigenvalue weighted by Gasteiger charge is -2.35. The molecule has 1 N–H and O–H groups in total. The number of carbonyl (C=O) groups excluding carboxylic acids is 1. The maximum Gasteiger partial charge on any atom is 0.349 e. The molecule has 1 heterocycles. The zero-order valence-electron chi connectivity index (χ0n) is 12.1. The van der Waals surface area contributed by atoms with Crippen LogP contribution in [-0.2, 0) is 10.7 Å². The van der Waals surface area contributed by atoms with Crippen LogP contribution in [0.2, 0.25) is 0 Å². The Balaban J connectivity index is 2.06. The SMILES string of the molecule is CC1CN(C)CCC1NC(=O)C(F)(F)c1ccc(F)cc1. The Hall–Kier alpha value is -1.56. The highest BCUT2D eigenvalue weighted by Crippen LogP contribution is 2.29. The second-order valence-electron chi connectivity index (χ2n) is 5.69. The molecule has 2 rings (SSSR count). The van der Waals surface area contributed by atoms with Crippen LogP contribution in [0.15, 0.2) is 24.3 Å². The molecule has 6 heteroatoms. The van der Waals surface area contributed by atoms with Gasteiger partial charge in [0.05, 0.1) is 0 Å². The number of hydrogen-bond acceptors (Lipinski definition) is 2. The lowest BCUT2D eigenvalue weighted by Crippen LogP contribution is -2.52. The van der Waals surface area contributed by atoms with E-state index in [1.165, 1.54) is 0 Å². The molecule has 1 aliphatic heterocycles. The minimum atomic E-state index is -3.66. The van der Waals surface area contributed by atoms with E-state index in [9.17, 15) is 18.0 Å². The zero-order chi connectivity index (χ0) is 15.6. The van der Waals surface area contributed by atoms with E-state index in [0.717, 1.165) is 37.4 Å². The normalized spacial score (nSPS) is 23.9. The van der Waals surface area contributed by atoms with Gasteiger partial charge < -0.3 is 10.2 Å². The number of amides is 1. The fraction of sp³-hybridized carbons (Fsp3) is 0.533. The number of halogens is 3. The van der Waals surface area contributed by atoms with Crippen molar-refractivity contribution in [3.05, 3.63) is 35.6 Å². The summed E-state index contributed by atoms with van der Waals surface area (Å²) >= 11 is 0. The lowest BCUT2D eigenvalue weighted by molar-refractivity contribution is -0.148. The predicted molar refractivity (Wildman–Crippen MR) is 73.5 cm³/mol. The standard InChI is InChI=1S/C15H19F3N2O/c1-10-9-20(2)8-7-13(10)19-14(21)15(17,18)11-3-5-12(16)6-4-11/h3-6,10,13H,7-9H2,1-2H3,(H,19,21). The van der Waals surface area contributed by atoms with Crippen LogP contribution < -0.4 is 5.32 Å². The van der Waals surface area contributed by atoms with Crippen LogP contribution in [0.4, 0.5) is 13.2 Å². The van der Waals surface area contributed by atoms with Crippen molar-refractivity contribution >= 4 is 5.91 Å². The first kappa shape index (κ1) is 15.8. The van der Waals surface area contributed by atoms with Gasteiger partial charge in [-0.3, -0.25) is 4.79 Å².